The fourth-order valence-electron chi connectivity index (χ4n) is 7.66. The summed E-state index contributed by atoms with van der Waals surface area (Å²) in [6, 6.07) is 0. The number of esters is 1. The van der Waals surface area contributed by atoms with Gasteiger partial charge in [-0.2, -0.15) is 0 Å². The van der Waals surface area contributed by atoms with Crippen LogP contribution in [0.4, 0.5) is 0 Å². The maximum absolute atomic E-state index is 12.2. The number of fused-ring (bicyclic) bond motifs is 5. The van der Waals surface area contributed by atoms with Gasteiger partial charge in [0.15, 0.2) is 0 Å². The molecule has 0 amide bonds. The Kier molecular flexibility index (Phi) is 3.30. The monoisotopic (exact) mass is 404 g/mol. The minimum absolute atomic E-state index is 0.0218. The molecule has 1 saturated carbocycles. The Morgan fingerprint density at radius 1 is 1.14 bits per heavy atom. The first kappa shape index (κ1) is 18.8. The van der Waals surface area contributed by atoms with E-state index in [0.29, 0.717) is 37.4 Å². The number of carbonyl (C=O) groups excluding carboxylic acids is 1. The first-order chi connectivity index (χ1) is 13.5. The fourth-order valence-corrected chi connectivity index (χ4v) is 7.66. The van der Waals surface area contributed by atoms with E-state index in [4.69, 9.17) is 18.9 Å². The van der Waals surface area contributed by atoms with Crippen LogP contribution in [0.15, 0.2) is 11.1 Å². The molecule has 2 bridgehead atoms. The molecule has 6 aliphatic rings. The van der Waals surface area contributed by atoms with E-state index in [1.165, 1.54) is 0 Å². The van der Waals surface area contributed by atoms with Crippen LogP contribution in [0.1, 0.15) is 60.3 Å². The van der Waals surface area contributed by atoms with E-state index in [-0.39, 0.29) is 47.5 Å². The van der Waals surface area contributed by atoms with Crippen LogP contribution >= 0.6 is 0 Å². The second-order valence-corrected chi connectivity index (χ2v) is 11.3. The van der Waals surface area contributed by atoms with E-state index in [9.17, 15) is 9.90 Å². The maximum atomic E-state index is 12.2. The standard InChI is InChI=1S/C23H32O6/c1-12(2)23-17(29-23)15-8-22(19(23,3)4)16(28-22)9-21(25)14-10-26-18(24)13(14)6-7-20(21,5)11-27-15/h12,15-17,25H,6-11H2,1-5H3. The molecule has 0 radical (unpaired) electrons. The lowest BCUT2D eigenvalue weighted by Gasteiger charge is -2.48. The van der Waals surface area contributed by atoms with Crippen molar-refractivity contribution >= 4 is 5.97 Å². The highest BCUT2D eigenvalue weighted by atomic mass is 16.7. The lowest BCUT2D eigenvalue weighted by molar-refractivity contribution is -0.136. The lowest BCUT2D eigenvalue weighted by Crippen LogP contribution is -2.58. The minimum Gasteiger partial charge on any atom is -0.458 e. The molecule has 7 unspecified atom stereocenters. The zero-order valence-electron chi connectivity index (χ0n) is 18.0. The molecule has 4 aliphatic heterocycles. The molecule has 4 fully saturated rings. The lowest BCUT2D eigenvalue weighted by atomic mass is 9.55. The molecule has 0 aromatic heterocycles. The summed E-state index contributed by atoms with van der Waals surface area (Å²) in [5.41, 5.74) is -0.994. The van der Waals surface area contributed by atoms with Gasteiger partial charge in [-0.25, -0.2) is 4.79 Å². The number of rotatable bonds is 1. The molecule has 7 atom stereocenters. The van der Waals surface area contributed by atoms with E-state index in [1.807, 2.05) is 0 Å². The predicted octanol–water partition coefficient (Wildman–Crippen LogP) is 2.52. The molecular weight excluding hydrogens is 372 g/mol. The molecule has 6 rings (SSSR count). The molecule has 1 N–H and O–H groups in total. The SMILES string of the molecule is CC(C)C12OC1C1CC3(OC3CC3(O)C4=C(CCC3(C)CO1)C(=O)OC4)C2(C)C. The van der Waals surface area contributed by atoms with Crippen molar-refractivity contribution in [1.29, 1.82) is 0 Å². The van der Waals surface area contributed by atoms with E-state index >= 15 is 0 Å². The molecule has 6 nitrogen and oxygen atoms in total. The first-order valence-electron chi connectivity index (χ1n) is 11.1. The van der Waals surface area contributed by atoms with Gasteiger partial charge in [0.05, 0.1) is 24.4 Å². The van der Waals surface area contributed by atoms with Crippen molar-refractivity contribution in [1.82, 2.24) is 0 Å². The van der Waals surface area contributed by atoms with Gasteiger partial charge in [0.25, 0.3) is 0 Å². The van der Waals surface area contributed by atoms with Gasteiger partial charge in [0.2, 0.25) is 0 Å². The van der Waals surface area contributed by atoms with Gasteiger partial charge >= 0.3 is 5.97 Å². The summed E-state index contributed by atoms with van der Waals surface area (Å²) in [7, 11) is 0. The van der Waals surface area contributed by atoms with Gasteiger partial charge in [-0.1, -0.05) is 34.6 Å². The highest BCUT2D eigenvalue weighted by Crippen LogP contribution is 2.73. The highest BCUT2D eigenvalue weighted by molar-refractivity contribution is 5.92. The molecule has 1 spiro atoms. The molecule has 3 saturated heterocycles. The number of hydrogen-bond acceptors (Lipinski definition) is 6. The van der Waals surface area contributed by atoms with Gasteiger partial charge in [-0.05, 0) is 18.8 Å². The van der Waals surface area contributed by atoms with Crippen molar-refractivity contribution in [3.63, 3.8) is 0 Å². The molecule has 4 heterocycles. The third kappa shape index (κ3) is 1.88. The van der Waals surface area contributed by atoms with E-state index in [1.54, 1.807) is 0 Å². The zero-order chi connectivity index (χ0) is 20.6. The Morgan fingerprint density at radius 3 is 2.62 bits per heavy atom. The third-order valence-electron chi connectivity index (χ3n) is 9.72. The van der Waals surface area contributed by atoms with Crippen molar-refractivity contribution < 1.29 is 28.8 Å². The van der Waals surface area contributed by atoms with Crippen LogP contribution in [0, 0.1) is 16.7 Å². The summed E-state index contributed by atoms with van der Waals surface area (Å²) >= 11 is 0. The number of aliphatic hydroxyl groups is 1. The van der Waals surface area contributed by atoms with Crippen LogP contribution in [0.3, 0.4) is 0 Å². The Labute approximate surface area is 171 Å². The second-order valence-electron chi connectivity index (χ2n) is 11.3. The Balaban J connectivity index is 1.46. The molecule has 2 aliphatic carbocycles. The van der Waals surface area contributed by atoms with Crippen LogP contribution in [0.2, 0.25) is 0 Å². The summed E-state index contributed by atoms with van der Waals surface area (Å²) in [4.78, 5) is 12.2. The van der Waals surface area contributed by atoms with Crippen LogP contribution in [-0.2, 0) is 23.7 Å². The van der Waals surface area contributed by atoms with Gasteiger partial charge in [0, 0.05) is 34.8 Å². The number of hydrogen-bond donors (Lipinski definition) is 1. The number of ether oxygens (including phenoxy) is 4. The van der Waals surface area contributed by atoms with Gasteiger partial charge < -0.3 is 24.1 Å². The first-order valence-corrected chi connectivity index (χ1v) is 11.1. The largest absolute Gasteiger partial charge is 0.458 e. The smallest absolute Gasteiger partial charge is 0.334 e. The fraction of sp³-hybridized carbons (Fsp3) is 0.870. The van der Waals surface area contributed by atoms with Crippen LogP contribution in [-0.4, -0.2) is 59.4 Å². The molecule has 6 heteroatoms. The van der Waals surface area contributed by atoms with Crippen LogP contribution < -0.4 is 0 Å². The second kappa shape index (κ2) is 5.09. The number of epoxide rings is 2. The van der Waals surface area contributed by atoms with E-state index in [0.717, 1.165) is 12.0 Å². The Hall–Kier alpha value is -0.950. The van der Waals surface area contributed by atoms with Gasteiger partial charge in [-0.3, -0.25) is 0 Å². The molecular formula is C23H32O6. The van der Waals surface area contributed by atoms with Crippen LogP contribution in [0.25, 0.3) is 0 Å². The quantitative estimate of drug-likeness (QED) is 0.534. The Morgan fingerprint density at radius 2 is 1.90 bits per heavy atom. The summed E-state index contributed by atoms with van der Waals surface area (Å²) in [6.45, 7) is 11.7. The maximum Gasteiger partial charge on any atom is 0.334 e. The van der Waals surface area contributed by atoms with Crippen molar-refractivity contribution in [2.45, 2.75) is 95.4 Å². The van der Waals surface area contributed by atoms with Crippen molar-refractivity contribution in [3.8, 4) is 0 Å². The number of carbonyl (C=O) groups is 1. The average Bonchev–Trinajstić information content (AvgIpc) is 3.51. The predicted molar refractivity (Wildman–Crippen MR) is 103 cm³/mol. The van der Waals surface area contributed by atoms with E-state index in [2.05, 4.69) is 34.6 Å². The van der Waals surface area contributed by atoms with Crippen molar-refractivity contribution in [3.05, 3.63) is 11.1 Å². The zero-order valence-corrected chi connectivity index (χ0v) is 18.0. The minimum atomic E-state index is -1.15. The summed E-state index contributed by atoms with van der Waals surface area (Å²) in [6.07, 6.45) is 2.61. The number of cyclic esters (lactones) is 1. The van der Waals surface area contributed by atoms with Gasteiger partial charge in [-0.15, -0.1) is 0 Å². The highest BCUT2D eigenvalue weighted by Gasteiger charge is 2.85. The molecule has 29 heavy (non-hydrogen) atoms. The average molecular weight is 405 g/mol. The van der Waals surface area contributed by atoms with Gasteiger partial charge in [0.1, 0.15) is 23.9 Å². The third-order valence-corrected chi connectivity index (χ3v) is 9.72. The summed E-state index contributed by atoms with van der Waals surface area (Å²) in [5, 5.41) is 12.1. The van der Waals surface area contributed by atoms with Crippen LogP contribution in [0.5, 0.6) is 0 Å². The topological polar surface area (TPSA) is 80.8 Å². The summed E-state index contributed by atoms with van der Waals surface area (Å²) < 4.78 is 24.8. The van der Waals surface area contributed by atoms with E-state index < -0.39 is 11.0 Å². The van der Waals surface area contributed by atoms with Crippen molar-refractivity contribution in [2.24, 2.45) is 16.7 Å². The normalized spacial score (nSPS) is 54.3. The Bertz CT molecular complexity index is 846. The molecule has 0 aromatic carbocycles. The molecule has 160 valence electrons. The molecule has 0 aromatic rings. The summed E-state index contributed by atoms with van der Waals surface area (Å²) in [5.74, 6) is 0.0858. The van der Waals surface area contributed by atoms with Crippen molar-refractivity contribution in [2.75, 3.05) is 13.2 Å².